The number of alkyl halides is 3. The maximum atomic E-state index is 12.0. The first-order valence-electron chi connectivity index (χ1n) is 4.47. The van der Waals surface area contributed by atoms with E-state index in [9.17, 15) is 21.6 Å². The Balaban J connectivity index is 2.87. The first-order chi connectivity index (χ1) is 7.76. The average Bonchev–Trinajstić information content (AvgIpc) is 2.19. The van der Waals surface area contributed by atoms with E-state index in [-0.39, 0.29) is 5.75 Å². The molecule has 3 nitrogen and oxygen atoms in total. The Morgan fingerprint density at radius 2 is 1.76 bits per heavy atom. The molecule has 0 bridgehead atoms. The minimum absolute atomic E-state index is 0.380. The van der Waals surface area contributed by atoms with Crippen LogP contribution in [0.3, 0.4) is 0 Å². The molecule has 0 unspecified atom stereocenters. The summed E-state index contributed by atoms with van der Waals surface area (Å²) in [5.74, 6) is -0.380. The molecule has 0 aliphatic rings. The third-order valence-electron chi connectivity index (χ3n) is 1.79. The van der Waals surface area contributed by atoms with E-state index < -0.39 is 15.6 Å². The predicted molar refractivity (Wildman–Crippen MR) is 55.9 cm³/mol. The Bertz CT molecular complexity index is 489. The van der Waals surface area contributed by atoms with Gasteiger partial charge >= 0.3 is 15.6 Å². The van der Waals surface area contributed by atoms with Crippen LogP contribution in [-0.4, -0.2) is 13.9 Å². The topological polar surface area (TPSA) is 43.4 Å². The largest absolute Gasteiger partial charge is 0.534 e. The second-order valence-electron chi connectivity index (χ2n) is 3.12. The van der Waals surface area contributed by atoms with Crippen molar-refractivity contribution < 1.29 is 25.8 Å². The third kappa shape index (κ3) is 3.48. The van der Waals surface area contributed by atoms with Crippen molar-refractivity contribution in [2.75, 3.05) is 0 Å². The van der Waals surface area contributed by atoms with Crippen molar-refractivity contribution >= 4 is 10.1 Å². The zero-order valence-corrected chi connectivity index (χ0v) is 9.38. The van der Waals surface area contributed by atoms with E-state index in [0.29, 0.717) is 6.42 Å². The van der Waals surface area contributed by atoms with Crippen LogP contribution in [0.2, 0.25) is 0 Å². The molecule has 0 radical (unpaired) electrons. The first kappa shape index (κ1) is 13.6. The van der Waals surface area contributed by atoms with E-state index >= 15 is 0 Å². The summed E-state index contributed by atoms with van der Waals surface area (Å²) in [5, 5.41) is 0. The van der Waals surface area contributed by atoms with Gasteiger partial charge in [-0.05, 0) is 24.1 Å². The molecule has 1 aromatic rings. The number of halogens is 3. The molecule has 0 atom stereocenters. The standard InChI is InChI=1S/C10H9F3O3S/c1-2-3-8-4-6-9(7-5-8)16-17(14,15)10(11,12)13/h2,4-7H,1,3H2. The van der Waals surface area contributed by atoms with Crippen molar-refractivity contribution in [2.24, 2.45) is 0 Å². The van der Waals surface area contributed by atoms with Crippen molar-refractivity contribution in [2.45, 2.75) is 11.9 Å². The Morgan fingerprint density at radius 1 is 1.24 bits per heavy atom. The van der Waals surface area contributed by atoms with Gasteiger partial charge in [0, 0.05) is 0 Å². The Labute approximate surface area is 96.6 Å². The lowest BCUT2D eigenvalue weighted by Gasteiger charge is -2.09. The highest BCUT2D eigenvalue weighted by Crippen LogP contribution is 2.26. The maximum absolute atomic E-state index is 12.0. The number of hydrogen-bond donors (Lipinski definition) is 0. The molecule has 0 spiro atoms. The molecule has 0 saturated carbocycles. The average molecular weight is 266 g/mol. The van der Waals surface area contributed by atoms with E-state index in [2.05, 4.69) is 10.8 Å². The van der Waals surface area contributed by atoms with Gasteiger partial charge in [-0.3, -0.25) is 0 Å². The van der Waals surface area contributed by atoms with Gasteiger partial charge in [-0.25, -0.2) is 0 Å². The quantitative estimate of drug-likeness (QED) is 0.478. The highest BCUT2D eigenvalue weighted by Gasteiger charge is 2.48. The van der Waals surface area contributed by atoms with Crippen LogP contribution in [0.1, 0.15) is 5.56 Å². The molecule has 0 heterocycles. The molecule has 0 aromatic heterocycles. The molecule has 17 heavy (non-hydrogen) atoms. The van der Waals surface area contributed by atoms with Crippen LogP contribution < -0.4 is 4.18 Å². The SMILES string of the molecule is C=CCc1ccc(OS(=O)(=O)C(F)(F)F)cc1. The van der Waals surface area contributed by atoms with Crippen LogP contribution in [0.5, 0.6) is 5.75 Å². The van der Waals surface area contributed by atoms with Crippen LogP contribution >= 0.6 is 0 Å². The third-order valence-corrected chi connectivity index (χ3v) is 2.77. The number of rotatable bonds is 4. The summed E-state index contributed by atoms with van der Waals surface area (Å²) >= 11 is 0. The summed E-state index contributed by atoms with van der Waals surface area (Å²) in [4.78, 5) is 0. The summed E-state index contributed by atoms with van der Waals surface area (Å²) in [6, 6.07) is 5.23. The van der Waals surface area contributed by atoms with E-state index in [0.717, 1.165) is 17.7 Å². The molecule has 0 fully saturated rings. The molecule has 7 heteroatoms. The normalized spacial score (nSPS) is 12.2. The maximum Gasteiger partial charge on any atom is 0.534 e. The molecule has 1 rings (SSSR count). The fourth-order valence-electron chi connectivity index (χ4n) is 1.02. The van der Waals surface area contributed by atoms with Crippen LogP contribution in [0, 0.1) is 0 Å². The van der Waals surface area contributed by atoms with Gasteiger partial charge in [-0.1, -0.05) is 18.2 Å². The monoisotopic (exact) mass is 266 g/mol. The molecule has 94 valence electrons. The molecule has 1 aromatic carbocycles. The smallest absolute Gasteiger partial charge is 0.376 e. The molecular weight excluding hydrogens is 257 g/mol. The zero-order valence-electron chi connectivity index (χ0n) is 8.57. The molecule has 0 aliphatic heterocycles. The van der Waals surface area contributed by atoms with Crippen molar-refractivity contribution in [3.05, 3.63) is 42.5 Å². The van der Waals surface area contributed by atoms with E-state index in [1.807, 2.05) is 0 Å². The Hall–Kier alpha value is -1.50. The van der Waals surface area contributed by atoms with Gasteiger partial charge in [0.05, 0.1) is 0 Å². The fraction of sp³-hybridized carbons (Fsp3) is 0.200. The van der Waals surface area contributed by atoms with Crippen molar-refractivity contribution in [1.82, 2.24) is 0 Å². The summed E-state index contributed by atoms with van der Waals surface area (Å²) < 4.78 is 61.2. The minimum atomic E-state index is -5.60. The van der Waals surface area contributed by atoms with Crippen LogP contribution in [0.15, 0.2) is 36.9 Å². The van der Waals surface area contributed by atoms with Gasteiger partial charge in [0.15, 0.2) is 0 Å². The predicted octanol–water partition coefficient (Wildman–Crippen LogP) is 2.64. The molecule has 0 aliphatic carbocycles. The number of hydrogen-bond acceptors (Lipinski definition) is 3. The number of allylic oxidation sites excluding steroid dienone is 1. The van der Waals surface area contributed by atoms with Crippen LogP contribution in [0.4, 0.5) is 13.2 Å². The first-order valence-corrected chi connectivity index (χ1v) is 5.87. The zero-order chi connectivity index (χ0) is 13.1. The van der Waals surface area contributed by atoms with Gasteiger partial charge < -0.3 is 4.18 Å². The van der Waals surface area contributed by atoms with Crippen molar-refractivity contribution in [3.63, 3.8) is 0 Å². The van der Waals surface area contributed by atoms with Gasteiger partial charge in [0.1, 0.15) is 5.75 Å². The minimum Gasteiger partial charge on any atom is -0.376 e. The Morgan fingerprint density at radius 3 is 2.18 bits per heavy atom. The molecule has 0 N–H and O–H groups in total. The molecule has 0 saturated heterocycles. The number of benzene rings is 1. The van der Waals surface area contributed by atoms with Crippen molar-refractivity contribution in [3.8, 4) is 5.75 Å². The summed E-state index contributed by atoms with van der Waals surface area (Å²) in [6.07, 6.45) is 2.15. The summed E-state index contributed by atoms with van der Waals surface area (Å²) in [7, 11) is -5.60. The fourth-order valence-corrected chi connectivity index (χ4v) is 1.48. The van der Waals surface area contributed by atoms with Gasteiger partial charge in [0.25, 0.3) is 0 Å². The van der Waals surface area contributed by atoms with Gasteiger partial charge in [0.2, 0.25) is 0 Å². The van der Waals surface area contributed by atoms with E-state index in [1.165, 1.54) is 12.1 Å². The van der Waals surface area contributed by atoms with Crippen LogP contribution in [-0.2, 0) is 16.5 Å². The highest BCUT2D eigenvalue weighted by molar-refractivity contribution is 7.87. The molecular formula is C10H9F3O3S. The lowest BCUT2D eigenvalue weighted by Crippen LogP contribution is -2.28. The van der Waals surface area contributed by atoms with Crippen molar-refractivity contribution in [1.29, 1.82) is 0 Å². The van der Waals surface area contributed by atoms with Gasteiger partial charge in [-0.2, -0.15) is 21.6 Å². The summed E-state index contributed by atoms with van der Waals surface area (Å²) in [5.41, 5.74) is -4.64. The lowest BCUT2D eigenvalue weighted by molar-refractivity contribution is -0.0500. The molecule has 0 amide bonds. The second-order valence-corrected chi connectivity index (χ2v) is 4.66. The van der Waals surface area contributed by atoms with Gasteiger partial charge in [-0.15, -0.1) is 6.58 Å². The Kier molecular flexibility index (Phi) is 3.82. The second kappa shape index (κ2) is 4.79. The van der Waals surface area contributed by atoms with E-state index in [4.69, 9.17) is 0 Å². The lowest BCUT2D eigenvalue weighted by atomic mass is 10.1. The van der Waals surface area contributed by atoms with E-state index in [1.54, 1.807) is 6.08 Å². The van der Waals surface area contributed by atoms with Crippen LogP contribution in [0.25, 0.3) is 0 Å². The summed E-state index contributed by atoms with van der Waals surface area (Å²) in [6.45, 7) is 3.49. The highest BCUT2D eigenvalue weighted by atomic mass is 32.2.